The average molecular weight is 337 g/mol. The van der Waals surface area contributed by atoms with Crippen LogP contribution in [0.15, 0.2) is 29.7 Å². The Morgan fingerprint density at radius 2 is 2.09 bits per heavy atom. The van der Waals surface area contributed by atoms with Crippen molar-refractivity contribution in [1.29, 1.82) is 0 Å². The molecule has 23 heavy (non-hydrogen) atoms. The highest BCUT2D eigenvalue weighted by atomic mass is 32.2. The summed E-state index contributed by atoms with van der Waals surface area (Å²) in [7, 11) is -3.58. The summed E-state index contributed by atoms with van der Waals surface area (Å²) in [5.41, 5.74) is 0.229. The highest BCUT2D eigenvalue weighted by Crippen LogP contribution is 2.32. The third kappa shape index (κ3) is 3.57. The molecule has 2 aromatic rings. The average Bonchev–Trinajstić information content (AvgIpc) is 3.10. The van der Waals surface area contributed by atoms with Crippen molar-refractivity contribution >= 4 is 10.0 Å². The number of sulfonamides is 1. The molecule has 0 radical (unpaired) electrons. The topological polar surface area (TPSA) is 110 Å². The second-order valence-electron chi connectivity index (χ2n) is 5.71. The van der Waals surface area contributed by atoms with Crippen LogP contribution in [0.3, 0.4) is 0 Å². The molecule has 0 aliphatic carbocycles. The molecular formula is C14H19N5O3S. The lowest BCUT2D eigenvalue weighted by Gasteiger charge is -2.32. The summed E-state index contributed by atoms with van der Waals surface area (Å²) in [6.07, 6.45) is 8.87. The maximum absolute atomic E-state index is 12.0. The predicted octanol–water partition coefficient (Wildman–Crippen LogP) is 1.09. The number of rotatable bonds is 5. The minimum absolute atomic E-state index is 0.0955. The van der Waals surface area contributed by atoms with E-state index >= 15 is 0 Å². The summed E-state index contributed by atoms with van der Waals surface area (Å²) in [6, 6.07) is 0. The summed E-state index contributed by atoms with van der Waals surface area (Å²) < 4.78 is 32.3. The van der Waals surface area contributed by atoms with E-state index in [4.69, 9.17) is 4.74 Å². The van der Waals surface area contributed by atoms with E-state index in [1.54, 1.807) is 12.4 Å². The first-order valence-corrected chi connectivity index (χ1v) is 8.92. The van der Waals surface area contributed by atoms with Gasteiger partial charge in [0.05, 0.1) is 6.20 Å². The summed E-state index contributed by atoms with van der Waals surface area (Å²) in [5.74, 6) is 0.638. The molecule has 1 saturated heterocycles. The molecule has 1 aliphatic rings. The second-order valence-corrected chi connectivity index (χ2v) is 7.48. The summed E-state index contributed by atoms with van der Waals surface area (Å²) in [5, 5.41) is 6.11. The van der Waals surface area contributed by atoms with Gasteiger partial charge in [-0.1, -0.05) is 0 Å². The molecule has 9 heteroatoms. The lowest BCUT2D eigenvalue weighted by atomic mass is 9.95. The summed E-state index contributed by atoms with van der Waals surface area (Å²) in [6.45, 7) is 2.82. The molecule has 1 fully saturated rings. The van der Waals surface area contributed by atoms with E-state index in [-0.39, 0.29) is 11.4 Å². The number of aromatic amines is 1. The van der Waals surface area contributed by atoms with Gasteiger partial charge in [-0.3, -0.25) is 5.10 Å². The van der Waals surface area contributed by atoms with E-state index < -0.39 is 15.6 Å². The maximum atomic E-state index is 12.0. The van der Waals surface area contributed by atoms with Crippen LogP contribution in [0.4, 0.5) is 0 Å². The smallest absolute Gasteiger partial charge is 0.243 e. The Morgan fingerprint density at radius 3 is 2.70 bits per heavy atom. The normalized spacial score (nSPS) is 22.1. The molecule has 124 valence electrons. The number of aromatic nitrogens is 4. The number of hydrogen-bond donors (Lipinski definition) is 2. The molecule has 3 rings (SSSR count). The molecule has 0 spiro atoms. The van der Waals surface area contributed by atoms with Gasteiger partial charge in [0.1, 0.15) is 10.5 Å². The largest absolute Gasteiger partial charge is 0.367 e. The quantitative estimate of drug-likeness (QED) is 0.845. The fraction of sp³-hybridized carbons (Fsp3) is 0.500. The molecular weight excluding hydrogens is 318 g/mol. The summed E-state index contributed by atoms with van der Waals surface area (Å²) in [4.78, 5) is 8.79. The molecule has 1 atom stereocenters. The molecule has 0 bridgehead atoms. The predicted molar refractivity (Wildman–Crippen MR) is 81.8 cm³/mol. The van der Waals surface area contributed by atoms with E-state index in [1.165, 1.54) is 12.4 Å². The van der Waals surface area contributed by atoms with Crippen LogP contribution in [0.25, 0.3) is 0 Å². The fourth-order valence-corrected chi connectivity index (χ4v) is 3.40. The van der Waals surface area contributed by atoms with Gasteiger partial charge in [-0.15, -0.1) is 0 Å². The van der Waals surface area contributed by atoms with Gasteiger partial charge in [0, 0.05) is 37.3 Å². The van der Waals surface area contributed by atoms with E-state index in [0.29, 0.717) is 18.0 Å². The number of ether oxygens (including phenoxy) is 1. The Hall–Kier alpha value is -1.84. The van der Waals surface area contributed by atoms with Crippen molar-refractivity contribution < 1.29 is 13.2 Å². The first kappa shape index (κ1) is 16.0. The molecule has 0 amide bonds. The zero-order valence-corrected chi connectivity index (χ0v) is 13.6. The van der Waals surface area contributed by atoms with Gasteiger partial charge in [0.15, 0.2) is 5.82 Å². The Labute approximate surface area is 134 Å². The van der Waals surface area contributed by atoms with Crippen molar-refractivity contribution in [2.24, 2.45) is 0 Å². The number of nitrogens with one attached hydrogen (secondary N) is 2. The molecule has 1 aliphatic heterocycles. The van der Waals surface area contributed by atoms with Crippen LogP contribution in [-0.4, -0.2) is 35.2 Å². The minimum Gasteiger partial charge on any atom is -0.367 e. The van der Waals surface area contributed by atoms with Crippen LogP contribution >= 0.6 is 0 Å². The van der Waals surface area contributed by atoms with E-state index in [0.717, 1.165) is 19.3 Å². The van der Waals surface area contributed by atoms with E-state index in [2.05, 4.69) is 24.9 Å². The van der Waals surface area contributed by atoms with Crippen LogP contribution in [0, 0.1) is 0 Å². The van der Waals surface area contributed by atoms with Gasteiger partial charge in [-0.2, -0.15) is 5.10 Å². The van der Waals surface area contributed by atoms with Gasteiger partial charge in [-0.25, -0.2) is 23.1 Å². The Balaban J connectivity index is 1.66. The molecule has 2 aromatic heterocycles. The van der Waals surface area contributed by atoms with Crippen LogP contribution in [0.1, 0.15) is 37.6 Å². The van der Waals surface area contributed by atoms with Gasteiger partial charge >= 0.3 is 0 Å². The van der Waals surface area contributed by atoms with Gasteiger partial charge < -0.3 is 4.74 Å². The first-order chi connectivity index (χ1) is 11.0. The molecule has 8 nitrogen and oxygen atoms in total. The maximum Gasteiger partial charge on any atom is 0.243 e. The monoisotopic (exact) mass is 337 g/mol. The van der Waals surface area contributed by atoms with Crippen LogP contribution < -0.4 is 4.72 Å². The van der Waals surface area contributed by atoms with Crippen molar-refractivity contribution in [3.8, 4) is 0 Å². The molecule has 3 heterocycles. The van der Waals surface area contributed by atoms with Crippen molar-refractivity contribution in [2.75, 3.05) is 6.61 Å². The van der Waals surface area contributed by atoms with Crippen molar-refractivity contribution in [3.63, 3.8) is 0 Å². The Kier molecular flexibility index (Phi) is 4.42. The molecule has 1 unspecified atom stereocenters. The van der Waals surface area contributed by atoms with Crippen molar-refractivity contribution in [3.05, 3.63) is 36.2 Å². The Morgan fingerprint density at radius 1 is 1.30 bits per heavy atom. The van der Waals surface area contributed by atoms with Crippen LogP contribution in [0.2, 0.25) is 0 Å². The SMILES string of the molecule is CC1(c2ncc(CNS(=O)(=O)c3cn[nH]c3)cn2)CCCCO1. The third-order valence-electron chi connectivity index (χ3n) is 3.90. The molecule has 0 saturated carbocycles. The Bertz CT molecular complexity index is 737. The van der Waals surface area contributed by atoms with Gasteiger partial charge in [-0.05, 0) is 26.2 Å². The standard InChI is InChI=1S/C14H19N5O3S/c1-14(4-2-3-5-22-14)13-15-6-11(7-16-13)8-19-23(20,21)12-9-17-18-10-12/h6-7,9-10,19H,2-5,8H2,1H3,(H,17,18). The zero-order chi connectivity index (χ0) is 16.3. The minimum atomic E-state index is -3.58. The highest BCUT2D eigenvalue weighted by molar-refractivity contribution is 7.89. The highest BCUT2D eigenvalue weighted by Gasteiger charge is 2.32. The number of hydrogen-bond acceptors (Lipinski definition) is 6. The third-order valence-corrected chi connectivity index (χ3v) is 5.27. The molecule has 2 N–H and O–H groups in total. The number of H-pyrrole nitrogens is 1. The first-order valence-electron chi connectivity index (χ1n) is 7.43. The van der Waals surface area contributed by atoms with Crippen LogP contribution in [0.5, 0.6) is 0 Å². The van der Waals surface area contributed by atoms with Gasteiger partial charge in [0.25, 0.3) is 0 Å². The lowest BCUT2D eigenvalue weighted by Crippen LogP contribution is -2.32. The van der Waals surface area contributed by atoms with Gasteiger partial charge in [0.2, 0.25) is 10.0 Å². The fourth-order valence-electron chi connectivity index (χ4n) is 2.48. The second kappa shape index (κ2) is 6.34. The zero-order valence-electron chi connectivity index (χ0n) is 12.8. The van der Waals surface area contributed by atoms with E-state index in [1.807, 2.05) is 6.92 Å². The van der Waals surface area contributed by atoms with E-state index in [9.17, 15) is 8.42 Å². The lowest BCUT2D eigenvalue weighted by molar-refractivity contribution is -0.0760. The molecule has 0 aromatic carbocycles. The van der Waals surface area contributed by atoms with Crippen LogP contribution in [-0.2, 0) is 26.9 Å². The van der Waals surface area contributed by atoms with Crippen molar-refractivity contribution in [2.45, 2.75) is 43.2 Å². The van der Waals surface area contributed by atoms with Crippen molar-refractivity contribution in [1.82, 2.24) is 24.9 Å². The number of nitrogens with zero attached hydrogens (tertiary/aromatic N) is 3. The summed E-state index contributed by atoms with van der Waals surface area (Å²) >= 11 is 0.